The van der Waals surface area contributed by atoms with E-state index in [1.165, 1.54) is 10.4 Å². The molecule has 0 saturated carbocycles. The number of anilines is 1. The molecule has 18 heavy (non-hydrogen) atoms. The van der Waals surface area contributed by atoms with Crippen molar-refractivity contribution in [3.8, 4) is 0 Å². The summed E-state index contributed by atoms with van der Waals surface area (Å²) in [5.74, 6) is -0.0198. The average Bonchev–Trinajstić information content (AvgIpc) is 2.35. The van der Waals surface area contributed by atoms with Gasteiger partial charge in [0.25, 0.3) is 0 Å². The molecule has 0 atom stereocenters. The zero-order valence-corrected chi connectivity index (χ0v) is 11.7. The van der Waals surface area contributed by atoms with Crippen molar-refractivity contribution in [2.45, 2.75) is 26.2 Å². The number of sulfonamides is 1. The molecule has 100 valence electrons. The Bertz CT molecular complexity index is 454. The molecule has 0 aliphatic carbocycles. The second kappa shape index (κ2) is 7.21. The molecule has 0 unspecified atom stereocenters. The molecular weight excluding hydrogens is 246 g/mol. The Hall–Kier alpha value is -1.29. The standard InChI is InChI=1S/C14H21NO2S/c1-3-5-9-12-15(18(16,17)13-4-2)14-10-7-6-8-11-14/h4,6-8,10-11H,2-3,5,9,12-13H2,1H3. The Morgan fingerprint density at radius 2 is 1.89 bits per heavy atom. The van der Waals surface area contributed by atoms with Gasteiger partial charge in [-0.15, -0.1) is 6.58 Å². The summed E-state index contributed by atoms with van der Waals surface area (Å²) in [4.78, 5) is 0. The van der Waals surface area contributed by atoms with Crippen LogP contribution in [0.15, 0.2) is 43.0 Å². The minimum atomic E-state index is -3.29. The third kappa shape index (κ3) is 4.18. The van der Waals surface area contributed by atoms with E-state index in [1.807, 2.05) is 30.3 Å². The first-order valence-corrected chi connectivity index (χ1v) is 7.89. The smallest absolute Gasteiger partial charge is 0.238 e. The van der Waals surface area contributed by atoms with E-state index in [9.17, 15) is 8.42 Å². The number of unbranched alkanes of at least 4 members (excludes halogenated alkanes) is 2. The fourth-order valence-electron chi connectivity index (χ4n) is 1.77. The number of nitrogens with zero attached hydrogens (tertiary/aromatic N) is 1. The zero-order valence-electron chi connectivity index (χ0n) is 10.9. The van der Waals surface area contributed by atoms with Gasteiger partial charge < -0.3 is 0 Å². The third-order valence-electron chi connectivity index (χ3n) is 2.67. The van der Waals surface area contributed by atoms with Crippen LogP contribution in [0.3, 0.4) is 0 Å². The second-order valence-corrected chi connectivity index (χ2v) is 6.12. The summed E-state index contributed by atoms with van der Waals surface area (Å²) >= 11 is 0. The highest BCUT2D eigenvalue weighted by Gasteiger charge is 2.20. The monoisotopic (exact) mass is 267 g/mol. The van der Waals surface area contributed by atoms with Gasteiger partial charge >= 0.3 is 0 Å². The van der Waals surface area contributed by atoms with Crippen LogP contribution in [-0.2, 0) is 10.0 Å². The number of hydrogen-bond donors (Lipinski definition) is 0. The molecule has 1 aromatic rings. The van der Waals surface area contributed by atoms with Gasteiger partial charge in [-0.3, -0.25) is 4.31 Å². The lowest BCUT2D eigenvalue weighted by molar-refractivity contribution is 0.590. The van der Waals surface area contributed by atoms with Crippen LogP contribution in [0.5, 0.6) is 0 Å². The molecule has 0 heterocycles. The van der Waals surface area contributed by atoms with Crippen molar-refractivity contribution >= 4 is 15.7 Å². The van der Waals surface area contributed by atoms with Crippen LogP contribution in [0.4, 0.5) is 5.69 Å². The van der Waals surface area contributed by atoms with Gasteiger partial charge in [-0.1, -0.05) is 44.0 Å². The second-order valence-electron chi connectivity index (χ2n) is 4.18. The lowest BCUT2D eigenvalue weighted by Crippen LogP contribution is -2.33. The Kier molecular flexibility index (Phi) is 5.92. The minimum absolute atomic E-state index is 0.0198. The normalized spacial score (nSPS) is 11.2. The first-order valence-electron chi connectivity index (χ1n) is 6.28. The van der Waals surface area contributed by atoms with Gasteiger partial charge in [0.1, 0.15) is 0 Å². The number of hydrogen-bond acceptors (Lipinski definition) is 2. The van der Waals surface area contributed by atoms with Crippen molar-refractivity contribution in [1.82, 2.24) is 0 Å². The van der Waals surface area contributed by atoms with Gasteiger partial charge in [0.15, 0.2) is 0 Å². The summed E-state index contributed by atoms with van der Waals surface area (Å²) in [6.45, 7) is 6.15. The van der Waals surface area contributed by atoms with Gasteiger partial charge in [-0.05, 0) is 18.6 Å². The Labute approximate surface area is 110 Å². The van der Waals surface area contributed by atoms with Crippen molar-refractivity contribution in [1.29, 1.82) is 0 Å². The first-order chi connectivity index (χ1) is 8.61. The van der Waals surface area contributed by atoms with Gasteiger partial charge in [0.2, 0.25) is 10.0 Å². The predicted octanol–water partition coefficient (Wildman–Crippen LogP) is 3.20. The van der Waals surface area contributed by atoms with Crippen LogP contribution in [-0.4, -0.2) is 20.7 Å². The van der Waals surface area contributed by atoms with E-state index in [1.54, 1.807) is 0 Å². The molecule has 0 spiro atoms. The maximum absolute atomic E-state index is 12.2. The number of para-hydroxylation sites is 1. The lowest BCUT2D eigenvalue weighted by Gasteiger charge is -2.23. The summed E-state index contributed by atoms with van der Waals surface area (Å²) in [5, 5.41) is 0. The van der Waals surface area contributed by atoms with Gasteiger partial charge in [-0.25, -0.2) is 8.42 Å². The third-order valence-corrected chi connectivity index (χ3v) is 4.40. The topological polar surface area (TPSA) is 37.4 Å². The highest BCUT2D eigenvalue weighted by Crippen LogP contribution is 2.19. The van der Waals surface area contributed by atoms with Crippen LogP contribution in [0.1, 0.15) is 26.2 Å². The number of rotatable bonds is 8. The van der Waals surface area contributed by atoms with Crippen LogP contribution < -0.4 is 4.31 Å². The molecule has 1 rings (SSSR count). The molecule has 0 aromatic heterocycles. The van der Waals surface area contributed by atoms with Gasteiger partial charge in [0, 0.05) is 6.54 Å². The molecule has 4 heteroatoms. The van der Waals surface area contributed by atoms with Crippen LogP contribution in [0.2, 0.25) is 0 Å². The summed E-state index contributed by atoms with van der Waals surface area (Å²) < 4.78 is 25.9. The highest BCUT2D eigenvalue weighted by atomic mass is 32.2. The minimum Gasteiger partial charge on any atom is -0.270 e. The Balaban J connectivity index is 2.92. The van der Waals surface area contributed by atoms with Crippen LogP contribution >= 0.6 is 0 Å². The number of benzene rings is 1. The van der Waals surface area contributed by atoms with E-state index in [2.05, 4.69) is 13.5 Å². The van der Waals surface area contributed by atoms with E-state index in [4.69, 9.17) is 0 Å². The van der Waals surface area contributed by atoms with Gasteiger partial charge in [-0.2, -0.15) is 0 Å². The van der Waals surface area contributed by atoms with Crippen molar-refractivity contribution in [3.05, 3.63) is 43.0 Å². The van der Waals surface area contributed by atoms with Crippen molar-refractivity contribution in [3.63, 3.8) is 0 Å². The molecular formula is C14H21NO2S. The maximum atomic E-state index is 12.2. The van der Waals surface area contributed by atoms with Crippen molar-refractivity contribution in [2.24, 2.45) is 0 Å². The van der Waals surface area contributed by atoms with Crippen molar-refractivity contribution in [2.75, 3.05) is 16.6 Å². The maximum Gasteiger partial charge on any atom is 0.238 e. The lowest BCUT2D eigenvalue weighted by atomic mass is 10.2. The van der Waals surface area contributed by atoms with E-state index >= 15 is 0 Å². The molecule has 0 bridgehead atoms. The van der Waals surface area contributed by atoms with Crippen LogP contribution in [0, 0.1) is 0 Å². The molecule has 0 aliphatic rings. The van der Waals surface area contributed by atoms with Gasteiger partial charge in [0.05, 0.1) is 11.4 Å². The van der Waals surface area contributed by atoms with E-state index in [-0.39, 0.29) is 5.75 Å². The molecule has 3 nitrogen and oxygen atoms in total. The summed E-state index contributed by atoms with van der Waals surface area (Å²) in [6, 6.07) is 9.24. The fraction of sp³-hybridized carbons (Fsp3) is 0.429. The first kappa shape index (κ1) is 14.8. The highest BCUT2D eigenvalue weighted by molar-refractivity contribution is 7.92. The molecule has 0 aliphatic heterocycles. The van der Waals surface area contributed by atoms with Crippen LogP contribution in [0.25, 0.3) is 0 Å². The summed E-state index contributed by atoms with van der Waals surface area (Å²) in [7, 11) is -3.29. The zero-order chi connectivity index (χ0) is 13.4. The molecule has 0 radical (unpaired) electrons. The SMILES string of the molecule is C=CCS(=O)(=O)N(CCCCC)c1ccccc1. The van der Waals surface area contributed by atoms with E-state index in [0.717, 1.165) is 24.9 Å². The predicted molar refractivity (Wildman–Crippen MR) is 77.3 cm³/mol. The molecule has 1 aromatic carbocycles. The average molecular weight is 267 g/mol. The largest absolute Gasteiger partial charge is 0.270 e. The molecule has 0 fully saturated rings. The molecule has 0 saturated heterocycles. The Morgan fingerprint density at radius 1 is 1.22 bits per heavy atom. The Morgan fingerprint density at radius 3 is 2.44 bits per heavy atom. The molecule has 0 N–H and O–H groups in total. The van der Waals surface area contributed by atoms with E-state index in [0.29, 0.717) is 6.54 Å². The fourth-order valence-corrected chi connectivity index (χ4v) is 3.10. The molecule has 0 amide bonds. The van der Waals surface area contributed by atoms with Crippen molar-refractivity contribution < 1.29 is 8.42 Å². The summed E-state index contributed by atoms with van der Waals surface area (Å²) in [6.07, 6.45) is 4.42. The van der Waals surface area contributed by atoms with E-state index < -0.39 is 10.0 Å². The quantitative estimate of drug-likeness (QED) is 0.536. The summed E-state index contributed by atoms with van der Waals surface area (Å²) in [5.41, 5.74) is 0.732.